The van der Waals surface area contributed by atoms with Crippen molar-refractivity contribution in [1.82, 2.24) is 0 Å². The molecule has 0 atom stereocenters. The number of amidine groups is 1. The van der Waals surface area contributed by atoms with E-state index in [1.54, 1.807) is 17.0 Å². The summed E-state index contributed by atoms with van der Waals surface area (Å²) in [6.45, 7) is 0.598. The van der Waals surface area contributed by atoms with Crippen LogP contribution in [0.4, 0.5) is 10.1 Å². The van der Waals surface area contributed by atoms with E-state index >= 15 is 0 Å². The van der Waals surface area contributed by atoms with Gasteiger partial charge in [0.2, 0.25) is 0 Å². The van der Waals surface area contributed by atoms with Crippen LogP contribution in [0.5, 0.6) is 0 Å². The summed E-state index contributed by atoms with van der Waals surface area (Å²) in [6, 6.07) is 14.3. The molecule has 0 heterocycles. The van der Waals surface area contributed by atoms with Gasteiger partial charge in [-0.25, -0.2) is 4.39 Å². The average molecular weight is 273 g/mol. The Hall–Kier alpha value is -2.56. The zero-order valence-electron chi connectivity index (χ0n) is 11.1. The molecule has 0 saturated heterocycles. The highest BCUT2D eigenvalue weighted by Crippen LogP contribution is 2.21. The van der Waals surface area contributed by atoms with Crippen molar-refractivity contribution in [3.63, 3.8) is 0 Å². The lowest BCUT2D eigenvalue weighted by Gasteiger charge is -2.20. The fourth-order valence-corrected chi connectivity index (χ4v) is 1.98. The van der Waals surface area contributed by atoms with Gasteiger partial charge >= 0.3 is 0 Å². The Morgan fingerprint density at radius 1 is 1.25 bits per heavy atom. The molecule has 2 aromatic rings. The lowest BCUT2D eigenvalue weighted by atomic mass is 10.1. The van der Waals surface area contributed by atoms with E-state index in [1.165, 1.54) is 6.07 Å². The van der Waals surface area contributed by atoms with Gasteiger partial charge in [0.1, 0.15) is 5.82 Å². The second kappa shape index (κ2) is 6.06. The third kappa shape index (κ3) is 3.06. The van der Waals surface area contributed by atoms with E-state index < -0.39 is 5.82 Å². The lowest BCUT2D eigenvalue weighted by molar-refractivity contribution is 0.318. The summed E-state index contributed by atoms with van der Waals surface area (Å²) in [5, 5.41) is 11.4. The molecule has 104 valence electrons. The summed E-state index contributed by atoms with van der Waals surface area (Å²) in [7, 11) is 1.81. The molecular weight excluding hydrogens is 257 g/mol. The van der Waals surface area contributed by atoms with Gasteiger partial charge in [-0.15, -0.1) is 0 Å². The third-order valence-electron chi connectivity index (χ3n) is 3.02. The molecule has 0 radical (unpaired) electrons. The van der Waals surface area contributed by atoms with Gasteiger partial charge in [-0.3, -0.25) is 0 Å². The molecule has 5 heteroatoms. The van der Waals surface area contributed by atoms with Gasteiger partial charge in [0.05, 0.1) is 5.69 Å². The molecule has 0 fully saturated rings. The Labute approximate surface area is 116 Å². The minimum Gasteiger partial charge on any atom is -0.409 e. The fraction of sp³-hybridized carbons (Fsp3) is 0.133. The third-order valence-corrected chi connectivity index (χ3v) is 3.02. The van der Waals surface area contributed by atoms with Gasteiger partial charge in [0, 0.05) is 19.2 Å². The molecule has 0 amide bonds. The number of nitrogens with two attached hydrogens (primary N) is 1. The van der Waals surface area contributed by atoms with Gasteiger partial charge in [0.25, 0.3) is 0 Å². The minimum atomic E-state index is -0.410. The number of halogens is 1. The molecule has 2 aromatic carbocycles. The lowest BCUT2D eigenvalue weighted by Crippen LogP contribution is -2.19. The van der Waals surface area contributed by atoms with Crippen molar-refractivity contribution in [2.75, 3.05) is 11.9 Å². The number of anilines is 1. The zero-order chi connectivity index (χ0) is 14.5. The van der Waals surface area contributed by atoms with Crippen LogP contribution < -0.4 is 10.6 Å². The quantitative estimate of drug-likeness (QED) is 0.389. The molecule has 20 heavy (non-hydrogen) atoms. The van der Waals surface area contributed by atoms with E-state index in [0.29, 0.717) is 17.8 Å². The summed E-state index contributed by atoms with van der Waals surface area (Å²) in [5.41, 5.74) is 7.34. The maximum atomic E-state index is 14.1. The summed E-state index contributed by atoms with van der Waals surface area (Å²) < 4.78 is 14.1. The first-order chi connectivity index (χ1) is 9.61. The number of hydrogen-bond acceptors (Lipinski definition) is 3. The van der Waals surface area contributed by atoms with Gasteiger partial charge in [-0.1, -0.05) is 35.5 Å². The maximum Gasteiger partial charge on any atom is 0.170 e. The van der Waals surface area contributed by atoms with Gasteiger partial charge in [-0.05, 0) is 23.8 Å². The largest absolute Gasteiger partial charge is 0.409 e. The van der Waals surface area contributed by atoms with Crippen LogP contribution in [0.2, 0.25) is 0 Å². The van der Waals surface area contributed by atoms with Crippen molar-refractivity contribution in [2.45, 2.75) is 6.54 Å². The molecule has 0 spiro atoms. The highest BCUT2D eigenvalue weighted by atomic mass is 19.1. The molecule has 0 saturated carbocycles. The van der Waals surface area contributed by atoms with E-state index in [2.05, 4.69) is 5.16 Å². The number of oxime groups is 1. The SMILES string of the molecule is CN(Cc1ccccc1)c1ccc(/C(N)=N/O)cc1F. The molecule has 0 unspecified atom stereocenters. The first kappa shape index (κ1) is 13.9. The van der Waals surface area contributed by atoms with Crippen LogP contribution in [-0.2, 0) is 6.54 Å². The molecule has 0 aliphatic carbocycles. The Balaban J connectivity index is 2.20. The average Bonchev–Trinajstić information content (AvgIpc) is 2.47. The van der Waals surface area contributed by atoms with Crippen LogP contribution in [0.3, 0.4) is 0 Å². The molecule has 0 bridgehead atoms. The predicted octanol–water partition coefficient (Wildman–Crippen LogP) is 2.56. The predicted molar refractivity (Wildman–Crippen MR) is 77.5 cm³/mol. The van der Waals surface area contributed by atoms with Crippen molar-refractivity contribution < 1.29 is 9.60 Å². The number of hydrogen-bond donors (Lipinski definition) is 2. The Kier molecular flexibility index (Phi) is 4.20. The van der Waals surface area contributed by atoms with E-state index in [9.17, 15) is 4.39 Å². The number of nitrogens with zero attached hydrogens (tertiary/aromatic N) is 2. The van der Waals surface area contributed by atoms with Crippen molar-refractivity contribution in [1.29, 1.82) is 0 Å². The smallest absolute Gasteiger partial charge is 0.170 e. The first-order valence-corrected chi connectivity index (χ1v) is 6.14. The van der Waals surface area contributed by atoms with Gasteiger partial charge < -0.3 is 15.8 Å². The van der Waals surface area contributed by atoms with Crippen LogP contribution in [0.15, 0.2) is 53.7 Å². The topological polar surface area (TPSA) is 61.8 Å². The maximum absolute atomic E-state index is 14.1. The van der Waals surface area contributed by atoms with Crippen LogP contribution in [0, 0.1) is 5.82 Å². The highest BCUT2D eigenvalue weighted by Gasteiger charge is 2.10. The second-order valence-electron chi connectivity index (χ2n) is 4.49. The molecule has 2 rings (SSSR count). The van der Waals surface area contributed by atoms with Crippen LogP contribution in [-0.4, -0.2) is 18.1 Å². The van der Waals surface area contributed by atoms with Crippen LogP contribution >= 0.6 is 0 Å². The van der Waals surface area contributed by atoms with E-state index in [-0.39, 0.29) is 5.84 Å². The second-order valence-corrected chi connectivity index (χ2v) is 4.49. The van der Waals surface area contributed by atoms with Crippen LogP contribution in [0.1, 0.15) is 11.1 Å². The van der Waals surface area contributed by atoms with E-state index in [0.717, 1.165) is 5.56 Å². The zero-order valence-corrected chi connectivity index (χ0v) is 11.1. The monoisotopic (exact) mass is 273 g/mol. The van der Waals surface area contributed by atoms with E-state index in [4.69, 9.17) is 10.9 Å². The van der Waals surface area contributed by atoms with Gasteiger partial charge in [0.15, 0.2) is 5.84 Å². The van der Waals surface area contributed by atoms with Crippen molar-refractivity contribution in [3.8, 4) is 0 Å². The Morgan fingerprint density at radius 2 is 1.95 bits per heavy atom. The minimum absolute atomic E-state index is 0.110. The highest BCUT2D eigenvalue weighted by molar-refractivity contribution is 5.97. The summed E-state index contributed by atoms with van der Waals surface area (Å²) >= 11 is 0. The summed E-state index contributed by atoms with van der Waals surface area (Å²) in [6.07, 6.45) is 0. The van der Waals surface area contributed by atoms with Crippen molar-refractivity contribution in [2.24, 2.45) is 10.9 Å². The molecule has 3 N–H and O–H groups in total. The fourth-order valence-electron chi connectivity index (χ4n) is 1.98. The molecular formula is C15H16FN3O. The van der Waals surface area contributed by atoms with Crippen molar-refractivity contribution in [3.05, 3.63) is 65.5 Å². The molecule has 4 nitrogen and oxygen atoms in total. The molecule has 0 aliphatic heterocycles. The standard InChI is InChI=1S/C15H16FN3O/c1-19(10-11-5-3-2-4-6-11)14-8-7-12(9-13(14)16)15(17)18-20/h2-9,20H,10H2,1H3,(H2,17,18). The van der Waals surface area contributed by atoms with E-state index in [1.807, 2.05) is 37.4 Å². The number of benzene rings is 2. The van der Waals surface area contributed by atoms with Gasteiger partial charge in [-0.2, -0.15) is 0 Å². The first-order valence-electron chi connectivity index (χ1n) is 6.14. The number of rotatable bonds is 4. The molecule has 0 aromatic heterocycles. The Morgan fingerprint density at radius 3 is 2.55 bits per heavy atom. The molecule has 0 aliphatic rings. The van der Waals surface area contributed by atoms with Crippen molar-refractivity contribution >= 4 is 11.5 Å². The summed E-state index contributed by atoms with van der Waals surface area (Å²) in [5.74, 6) is -0.520. The summed E-state index contributed by atoms with van der Waals surface area (Å²) in [4.78, 5) is 1.81. The normalized spacial score (nSPS) is 11.4. The Bertz CT molecular complexity index is 614. The van der Waals surface area contributed by atoms with Crippen LogP contribution in [0.25, 0.3) is 0 Å².